The van der Waals surface area contributed by atoms with Gasteiger partial charge in [0, 0.05) is 29.4 Å². The Bertz CT molecular complexity index is 513. The molecule has 2 aromatic rings. The molecule has 0 aliphatic carbocycles. The van der Waals surface area contributed by atoms with E-state index in [2.05, 4.69) is 10.1 Å². The molecular weight excluding hydrogens is 261 g/mol. The molecule has 6 heteroatoms. The molecule has 4 nitrogen and oxygen atoms in total. The average Bonchev–Trinajstić information content (AvgIpc) is 2.71. The van der Waals surface area contributed by atoms with E-state index in [0.29, 0.717) is 41.1 Å². The molecular formula is C11H11Cl2N3O. The molecule has 0 fully saturated rings. The van der Waals surface area contributed by atoms with Crippen LogP contribution >= 0.6 is 23.2 Å². The summed E-state index contributed by atoms with van der Waals surface area (Å²) in [6.45, 7) is 0.489. The van der Waals surface area contributed by atoms with Gasteiger partial charge in [-0.2, -0.15) is 4.98 Å². The van der Waals surface area contributed by atoms with E-state index in [4.69, 9.17) is 33.5 Å². The van der Waals surface area contributed by atoms with Crippen LogP contribution in [0, 0.1) is 0 Å². The van der Waals surface area contributed by atoms with Crippen molar-refractivity contribution in [2.45, 2.75) is 12.8 Å². The first-order valence-corrected chi connectivity index (χ1v) is 5.90. The van der Waals surface area contributed by atoms with Crippen LogP contribution in [0.4, 0.5) is 0 Å². The highest BCUT2D eigenvalue weighted by atomic mass is 35.5. The van der Waals surface area contributed by atoms with Gasteiger partial charge >= 0.3 is 0 Å². The van der Waals surface area contributed by atoms with Gasteiger partial charge in [-0.15, -0.1) is 0 Å². The normalized spacial score (nSPS) is 10.8. The van der Waals surface area contributed by atoms with Crippen LogP contribution in [0.3, 0.4) is 0 Å². The van der Waals surface area contributed by atoms with Gasteiger partial charge in [-0.3, -0.25) is 0 Å². The molecule has 1 aromatic heterocycles. The van der Waals surface area contributed by atoms with Crippen molar-refractivity contribution < 1.29 is 4.52 Å². The maximum absolute atomic E-state index is 6.06. The molecule has 0 spiro atoms. The third-order valence-electron chi connectivity index (χ3n) is 2.23. The summed E-state index contributed by atoms with van der Waals surface area (Å²) in [7, 11) is 0. The summed E-state index contributed by atoms with van der Waals surface area (Å²) in [5.74, 6) is 1.14. The summed E-state index contributed by atoms with van der Waals surface area (Å²) in [5, 5.41) is 5.07. The largest absolute Gasteiger partial charge is 0.339 e. The Kier molecular flexibility index (Phi) is 3.99. The zero-order chi connectivity index (χ0) is 12.3. The predicted octanol–water partition coefficient (Wildman–Crippen LogP) is 2.47. The number of aromatic nitrogens is 2. The van der Waals surface area contributed by atoms with Crippen LogP contribution in [-0.2, 0) is 12.8 Å². The maximum atomic E-state index is 6.06. The first-order valence-electron chi connectivity index (χ1n) is 5.14. The summed E-state index contributed by atoms with van der Waals surface area (Å²) in [5.41, 5.74) is 6.31. The number of benzene rings is 1. The van der Waals surface area contributed by atoms with E-state index in [1.165, 1.54) is 0 Å². The predicted molar refractivity (Wildman–Crippen MR) is 66.3 cm³/mol. The lowest BCUT2D eigenvalue weighted by atomic mass is 10.1. The topological polar surface area (TPSA) is 64.9 Å². The molecule has 0 bridgehead atoms. The van der Waals surface area contributed by atoms with Gasteiger partial charge in [0.05, 0.1) is 0 Å². The highest BCUT2D eigenvalue weighted by Crippen LogP contribution is 2.22. The third-order valence-corrected chi connectivity index (χ3v) is 2.82. The summed E-state index contributed by atoms with van der Waals surface area (Å²) in [6, 6.07) is 5.33. The van der Waals surface area contributed by atoms with E-state index >= 15 is 0 Å². The van der Waals surface area contributed by atoms with Gasteiger partial charge in [0.15, 0.2) is 5.82 Å². The Hall–Kier alpha value is -1.10. The Morgan fingerprint density at radius 1 is 1.29 bits per heavy atom. The standard InChI is InChI=1S/C11H11Cl2N3O/c12-8-2-1-7(9(13)6-8)5-10-15-11(3-4-14)17-16-10/h1-2,6H,3-5,14H2. The lowest BCUT2D eigenvalue weighted by molar-refractivity contribution is 0.375. The maximum Gasteiger partial charge on any atom is 0.227 e. The average molecular weight is 272 g/mol. The lowest BCUT2D eigenvalue weighted by Gasteiger charge is -2.00. The molecule has 0 amide bonds. The molecule has 0 aliphatic heterocycles. The molecule has 0 saturated heterocycles. The van der Waals surface area contributed by atoms with Crippen molar-refractivity contribution in [2.75, 3.05) is 6.54 Å². The lowest BCUT2D eigenvalue weighted by Crippen LogP contribution is -2.03. The first-order chi connectivity index (χ1) is 8.19. The third kappa shape index (κ3) is 3.19. The molecule has 17 heavy (non-hydrogen) atoms. The van der Waals surface area contributed by atoms with Crippen molar-refractivity contribution in [1.82, 2.24) is 10.1 Å². The Morgan fingerprint density at radius 3 is 2.82 bits per heavy atom. The van der Waals surface area contributed by atoms with Gasteiger partial charge in [0.25, 0.3) is 0 Å². The number of hydrogen-bond donors (Lipinski definition) is 1. The van der Waals surface area contributed by atoms with Crippen molar-refractivity contribution >= 4 is 23.2 Å². The molecule has 2 rings (SSSR count). The van der Waals surface area contributed by atoms with Gasteiger partial charge in [-0.25, -0.2) is 0 Å². The monoisotopic (exact) mass is 271 g/mol. The van der Waals surface area contributed by atoms with Crippen LogP contribution in [0.25, 0.3) is 0 Å². The second kappa shape index (κ2) is 5.49. The minimum Gasteiger partial charge on any atom is -0.339 e. The number of halogens is 2. The molecule has 0 aliphatic rings. The van der Waals surface area contributed by atoms with Crippen LogP contribution < -0.4 is 5.73 Å². The molecule has 1 heterocycles. The Balaban J connectivity index is 2.13. The Morgan fingerprint density at radius 2 is 2.12 bits per heavy atom. The molecule has 0 atom stereocenters. The number of nitrogens with two attached hydrogens (primary N) is 1. The second-order valence-electron chi connectivity index (χ2n) is 3.56. The van der Waals surface area contributed by atoms with E-state index in [0.717, 1.165) is 5.56 Å². The SMILES string of the molecule is NCCc1nc(Cc2ccc(Cl)cc2Cl)no1. The second-order valence-corrected chi connectivity index (χ2v) is 4.40. The summed E-state index contributed by atoms with van der Waals surface area (Å²) < 4.78 is 5.03. The van der Waals surface area contributed by atoms with Gasteiger partial charge < -0.3 is 10.3 Å². The van der Waals surface area contributed by atoms with Gasteiger partial charge in [0.2, 0.25) is 5.89 Å². The van der Waals surface area contributed by atoms with Crippen LogP contribution in [0.2, 0.25) is 10.0 Å². The van der Waals surface area contributed by atoms with E-state index in [1.54, 1.807) is 12.1 Å². The first kappa shape index (κ1) is 12.4. The summed E-state index contributed by atoms with van der Waals surface area (Å²) in [4.78, 5) is 4.21. The molecule has 1 aromatic carbocycles. The van der Waals surface area contributed by atoms with Crippen LogP contribution in [0.15, 0.2) is 22.7 Å². The van der Waals surface area contributed by atoms with Gasteiger partial charge in [-0.1, -0.05) is 34.4 Å². The molecule has 0 unspecified atom stereocenters. The van der Waals surface area contributed by atoms with Crippen LogP contribution in [0.1, 0.15) is 17.3 Å². The highest BCUT2D eigenvalue weighted by Gasteiger charge is 2.09. The van der Waals surface area contributed by atoms with Crippen molar-refractivity contribution in [3.05, 3.63) is 45.5 Å². The zero-order valence-electron chi connectivity index (χ0n) is 8.99. The fourth-order valence-corrected chi connectivity index (χ4v) is 1.90. The molecule has 0 radical (unpaired) electrons. The van der Waals surface area contributed by atoms with E-state index < -0.39 is 0 Å². The number of hydrogen-bond acceptors (Lipinski definition) is 4. The quantitative estimate of drug-likeness (QED) is 0.928. The van der Waals surface area contributed by atoms with E-state index in [9.17, 15) is 0 Å². The minimum absolute atomic E-state index is 0.489. The van der Waals surface area contributed by atoms with Crippen LogP contribution in [-0.4, -0.2) is 16.7 Å². The fraction of sp³-hybridized carbons (Fsp3) is 0.273. The van der Waals surface area contributed by atoms with Crippen molar-refractivity contribution in [1.29, 1.82) is 0 Å². The van der Waals surface area contributed by atoms with Gasteiger partial charge in [-0.05, 0) is 17.7 Å². The smallest absolute Gasteiger partial charge is 0.227 e. The zero-order valence-corrected chi connectivity index (χ0v) is 10.5. The molecule has 2 N–H and O–H groups in total. The summed E-state index contributed by atoms with van der Waals surface area (Å²) >= 11 is 11.9. The Labute approximate surface area is 109 Å². The van der Waals surface area contributed by atoms with E-state index in [1.807, 2.05) is 6.07 Å². The summed E-state index contributed by atoms with van der Waals surface area (Å²) in [6.07, 6.45) is 1.10. The molecule has 90 valence electrons. The minimum atomic E-state index is 0.489. The van der Waals surface area contributed by atoms with Crippen molar-refractivity contribution in [3.8, 4) is 0 Å². The van der Waals surface area contributed by atoms with Gasteiger partial charge in [0.1, 0.15) is 0 Å². The molecule has 0 saturated carbocycles. The van der Waals surface area contributed by atoms with Crippen molar-refractivity contribution in [2.24, 2.45) is 5.73 Å². The number of rotatable bonds is 4. The van der Waals surface area contributed by atoms with Crippen LogP contribution in [0.5, 0.6) is 0 Å². The highest BCUT2D eigenvalue weighted by molar-refractivity contribution is 6.35. The number of nitrogens with zero attached hydrogens (tertiary/aromatic N) is 2. The fourth-order valence-electron chi connectivity index (χ4n) is 1.42. The van der Waals surface area contributed by atoms with Crippen molar-refractivity contribution in [3.63, 3.8) is 0 Å². The van der Waals surface area contributed by atoms with E-state index in [-0.39, 0.29) is 0 Å².